The minimum atomic E-state index is -1.32. The Bertz CT molecular complexity index is 521. The predicted octanol–water partition coefficient (Wildman–Crippen LogP) is 7.77. The second kappa shape index (κ2) is 10.4. The summed E-state index contributed by atoms with van der Waals surface area (Å²) in [4.78, 5) is 0. The molecule has 1 aromatic rings. The third kappa shape index (κ3) is 5.35. The maximum absolute atomic E-state index is 5.12. The fourth-order valence-electron chi connectivity index (χ4n) is 5.03. The van der Waals surface area contributed by atoms with Crippen molar-refractivity contribution >= 4 is 22.1 Å². The van der Waals surface area contributed by atoms with Crippen LogP contribution in [0.4, 0.5) is 0 Å². The van der Waals surface area contributed by atoms with Gasteiger partial charge in [-0.15, -0.1) is 0 Å². The van der Waals surface area contributed by atoms with Crippen LogP contribution in [-0.4, -0.2) is 11.3 Å². The van der Waals surface area contributed by atoms with Crippen LogP contribution in [0.3, 0.4) is 0 Å². The van der Waals surface area contributed by atoms with Crippen LogP contribution in [0, 0.1) is 6.66 Å². The zero-order valence-electron chi connectivity index (χ0n) is 16.9. The fraction of sp³-hybridized carbons (Fsp3) is 0.696. The molecule has 0 radical (unpaired) electrons. The Morgan fingerprint density at radius 3 is 1.77 bits per heavy atom. The summed E-state index contributed by atoms with van der Waals surface area (Å²) in [5, 5.41) is 1.65. The molecular weight excluding hydrogens is 449 g/mol. The molecule has 0 N–H and O–H groups in total. The summed E-state index contributed by atoms with van der Waals surface area (Å²) in [6.45, 7) is 12.2. The number of benzene rings is 1. The van der Waals surface area contributed by atoms with Gasteiger partial charge in [0.25, 0.3) is 0 Å². The van der Waals surface area contributed by atoms with Crippen molar-refractivity contribution < 1.29 is 18.2 Å². The van der Waals surface area contributed by atoms with Gasteiger partial charge in [0.1, 0.15) is 0 Å². The van der Waals surface area contributed by atoms with E-state index in [9.17, 15) is 0 Å². The standard InChI is InChI=1S/C23H37P.ClH.Pd/c1-23(2,3)19-12-11-17-22(18-19)24(4,20-13-7-5-8-14-20)21-15-9-6-10-16-21;;/h11-12,17-18,20-21H,4-10,13-16H2,1-3H3;1H;/q;;+2/p-1. The van der Waals surface area contributed by atoms with Gasteiger partial charge in [-0.1, -0.05) is 53.0 Å². The van der Waals surface area contributed by atoms with Gasteiger partial charge in [0, 0.05) is 11.3 Å². The molecule has 0 bridgehead atoms. The number of halogens is 1. The molecule has 0 spiro atoms. The van der Waals surface area contributed by atoms with Crippen LogP contribution in [0.25, 0.3) is 0 Å². The van der Waals surface area contributed by atoms with E-state index in [0.717, 1.165) is 11.3 Å². The summed E-state index contributed by atoms with van der Waals surface area (Å²) in [5.74, 6) is 0. The Balaban J connectivity index is 0.00000117. The average Bonchev–Trinajstić information content (AvgIpc) is 2.70. The third-order valence-corrected chi connectivity index (χ3v) is 11.5. The van der Waals surface area contributed by atoms with Crippen molar-refractivity contribution in [1.82, 2.24) is 0 Å². The predicted molar refractivity (Wildman–Crippen MR) is 117 cm³/mol. The molecule has 2 aliphatic rings. The summed E-state index contributed by atoms with van der Waals surface area (Å²) >= 11 is 2.22. The molecule has 0 aliphatic heterocycles. The molecule has 1 aromatic carbocycles. The quantitative estimate of drug-likeness (QED) is 0.233. The molecule has 0 saturated heterocycles. The monoisotopic (exact) mass is 485 g/mol. The summed E-state index contributed by atoms with van der Waals surface area (Å²) in [7, 11) is 3.17. The van der Waals surface area contributed by atoms with Crippen molar-refractivity contribution in [3.8, 4) is 0 Å². The molecule has 3 rings (SSSR count). The van der Waals surface area contributed by atoms with E-state index in [1.807, 2.05) is 0 Å². The van der Waals surface area contributed by atoms with Gasteiger partial charge in [0.05, 0.1) is 5.30 Å². The maximum atomic E-state index is 5.12. The van der Waals surface area contributed by atoms with Crippen molar-refractivity contribution in [2.24, 2.45) is 0 Å². The molecule has 0 nitrogen and oxygen atoms in total. The third-order valence-electron chi connectivity index (χ3n) is 6.65. The first-order chi connectivity index (χ1) is 12.4. The van der Waals surface area contributed by atoms with Crippen molar-refractivity contribution in [2.75, 3.05) is 0 Å². The Morgan fingerprint density at radius 1 is 0.885 bits per heavy atom. The average molecular weight is 486 g/mol. The van der Waals surface area contributed by atoms with Crippen LogP contribution in [0.15, 0.2) is 24.3 Å². The van der Waals surface area contributed by atoms with Gasteiger partial charge >= 0.3 is 27.7 Å². The van der Waals surface area contributed by atoms with Gasteiger partial charge in [-0.25, -0.2) is 0 Å². The number of hydrogen-bond donors (Lipinski definition) is 0. The molecule has 2 saturated carbocycles. The van der Waals surface area contributed by atoms with Gasteiger partial charge in [0.2, 0.25) is 0 Å². The summed E-state index contributed by atoms with van der Waals surface area (Å²) in [5.41, 5.74) is 3.52. The van der Waals surface area contributed by atoms with Gasteiger partial charge < -0.3 is 0 Å². The van der Waals surface area contributed by atoms with Crippen LogP contribution in [-0.2, 0) is 23.6 Å². The molecule has 0 heterocycles. The summed E-state index contributed by atoms with van der Waals surface area (Å²) in [6.07, 6.45) is 14.4. The molecule has 0 atom stereocenters. The molecule has 0 amide bonds. The topological polar surface area (TPSA) is 0 Å². The number of rotatable bonds is 3. The van der Waals surface area contributed by atoms with E-state index in [0.29, 0.717) is 0 Å². The van der Waals surface area contributed by atoms with Crippen molar-refractivity contribution in [2.45, 2.75) is 102 Å². The molecule has 0 unspecified atom stereocenters. The van der Waals surface area contributed by atoms with Crippen LogP contribution in [0.2, 0.25) is 0 Å². The van der Waals surface area contributed by atoms with E-state index < -0.39 is 7.26 Å². The summed E-state index contributed by atoms with van der Waals surface area (Å²) < 4.78 is 0. The molecule has 150 valence electrons. The Kier molecular flexibility index (Phi) is 9.15. The zero-order chi connectivity index (χ0) is 19.2. The summed E-state index contributed by atoms with van der Waals surface area (Å²) in [6, 6.07) is 9.65. The first-order valence-corrected chi connectivity index (χ1v) is 14.5. The normalized spacial score (nSPS) is 20.4. The van der Waals surface area contributed by atoms with Gasteiger partial charge in [-0.2, -0.15) is 6.66 Å². The molecule has 3 heteroatoms. The van der Waals surface area contributed by atoms with Crippen LogP contribution in [0.1, 0.15) is 90.5 Å². The molecule has 2 aliphatic carbocycles. The van der Waals surface area contributed by atoms with E-state index >= 15 is 0 Å². The van der Waals surface area contributed by atoms with Crippen molar-refractivity contribution in [1.29, 1.82) is 0 Å². The fourth-order valence-corrected chi connectivity index (χ4v) is 9.79. The minimum absolute atomic E-state index is 0.236. The van der Waals surface area contributed by atoms with E-state index in [4.69, 9.17) is 6.66 Å². The first kappa shape index (κ1) is 22.9. The van der Waals surface area contributed by atoms with Gasteiger partial charge in [-0.3, -0.25) is 0 Å². The van der Waals surface area contributed by atoms with Crippen LogP contribution >= 0.6 is 16.8 Å². The van der Waals surface area contributed by atoms with E-state index in [1.54, 1.807) is 5.30 Å². The van der Waals surface area contributed by atoms with E-state index in [-0.39, 0.29) is 5.41 Å². The van der Waals surface area contributed by atoms with Crippen LogP contribution < -0.4 is 5.30 Å². The molecule has 0 aromatic heterocycles. The van der Waals surface area contributed by atoms with Gasteiger partial charge in [-0.05, 0) is 74.5 Å². The second-order valence-corrected chi connectivity index (χ2v) is 13.2. The van der Waals surface area contributed by atoms with E-state index in [2.05, 4.69) is 72.7 Å². The van der Waals surface area contributed by atoms with E-state index in [1.165, 1.54) is 69.8 Å². The molecular formula is C23H37ClPPd+. The van der Waals surface area contributed by atoms with Crippen molar-refractivity contribution in [3.05, 3.63) is 36.5 Å². The first-order valence-electron chi connectivity index (χ1n) is 10.4. The molecule has 2 fully saturated rings. The second-order valence-electron chi connectivity index (χ2n) is 9.31. The zero-order valence-corrected chi connectivity index (χ0v) is 20.1. The van der Waals surface area contributed by atoms with Crippen LogP contribution in [0.5, 0.6) is 0 Å². The Labute approximate surface area is 178 Å². The molecule has 26 heavy (non-hydrogen) atoms. The Morgan fingerprint density at radius 2 is 1.35 bits per heavy atom. The number of hydrogen-bond acceptors (Lipinski definition) is 0. The van der Waals surface area contributed by atoms with Crippen molar-refractivity contribution in [3.63, 3.8) is 0 Å². The SMILES string of the molecule is [CH2-][P+](c1cccc(C(C)(C)C)c1)(C1CCCCC1)C1CCCCC1.[Cl][Pd+]. The van der Waals surface area contributed by atoms with Gasteiger partial charge in [0.15, 0.2) is 0 Å². The Hall–Kier alpha value is 0.602.